The van der Waals surface area contributed by atoms with Crippen molar-refractivity contribution in [1.82, 2.24) is 4.72 Å². The van der Waals surface area contributed by atoms with Crippen LogP contribution in [0.5, 0.6) is 0 Å². The molecule has 10 heteroatoms. The molecule has 1 N–H and O–H groups in total. The van der Waals surface area contributed by atoms with Gasteiger partial charge in [0.1, 0.15) is 11.0 Å². The zero-order chi connectivity index (χ0) is 22.2. The molecule has 160 valence electrons. The number of carbonyl (C=O) groups is 1. The minimum absolute atomic E-state index is 0.102. The van der Waals surface area contributed by atoms with E-state index in [0.717, 1.165) is 30.5 Å². The van der Waals surface area contributed by atoms with E-state index in [-0.39, 0.29) is 11.1 Å². The SMILES string of the molecule is CC(C)(C)S(=O)N/C=C1\C(=O)C=C(C(F)(F)F)C[C@@H]1c1ccc(C(F)(F)F)cc1. The summed E-state index contributed by atoms with van der Waals surface area (Å²) in [4.78, 5) is 12.4. The number of alkyl halides is 6. The van der Waals surface area contributed by atoms with Gasteiger partial charge in [-0.05, 0) is 51.0 Å². The number of hydrogen-bond donors (Lipinski definition) is 1. The monoisotopic (exact) mass is 439 g/mol. The first-order valence-corrected chi connectivity index (χ1v) is 9.63. The van der Waals surface area contributed by atoms with Gasteiger partial charge < -0.3 is 4.72 Å². The molecule has 0 aromatic heterocycles. The second-order valence-corrected chi connectivity index (χ2v) is 9.50. The molecule has 1 unspecified atom stereocenters. The molecule has 0 saturated carbocycles. The van der Waals surface area contributed by atoms with Gasteiger partial charge in [0, 0.05) is 23.3 Å². The summed E-state index contributed by atoms with van der Waals surface area (Å²) in [5.41, 5.74) is -2.00. The summed E-state index contributed by atoms with van der Waals surface area (Å²) >= 11 is 0. The van der Waals surface area contributed by atoms with Crippen molar-refractivity contribution in [3.63, 3.8) is 0 Å². The average molecular weight is 439 g/mol. The molecule has 0 fully saturated rings. The fraction of sp³-hybridized carbons (Fsp3) is 0.421. The van der Waals surface area contributed by atoms with E-state index in [1.165, 1.54) is 0 Å². The zero-order valence-corrected chi connectivity index (χ0v) is 16.6. The van der Waals surface area contributed by atoms with Crippen LogP contribution in [0.3, 0.4) is 0 Å². The number of rotatable bonds is 3. The molecule has 0 aliphatic heterocycles. The number of carbonyl (C=O) groups excluding carboxylic acids is 1. The molecule has 1 aromatic rings. The Morgan fingerprint density at radius 1 is 1.00 bits per heavy atom. The molecule has 29 heavy (non-hydrogen) atoms. The summed E-state index contributed by atoms with van der Waals surface area (Å²) in [7, 11) is -1.64. The molecule has 0 bridgehead atoms. The first kappa shape index (κ1) is 23.2. The van der Waals surface area contributed by atoms with E-state index in [1.54, 1.807) is 20.8 Å². The molecular weight excluding hydrogens is 420 g/mol. The Morgan fingerprint density at radius 3 is 2.00 bits per heavy atom. The van der Waals surface area contributed by atoms with Gasteiger partial charge in [-0.3, -0.25) is 4.79 Å². The van der Waals surface area contributed by atoms with Gasteiger partial charge in [0.2, 0.25) is 0 Å². The normalized spacial score (nSPS) is 21.1. The maximum atomic E-state index is 13.2. The Bertz CT molecular complexity index is 861. The largest absolute Gasteiger partial charge is 0.416 e. The van der Waals surface area contributed by atoms with Crippen molar-refractivity contribution in [1.29, 1.82) is 0 Å². The van der Waals surface area contributed by atoms with Crippen molar-refractivity contribution in [2.75, 3.05) is 0 Å². The first-order valence-electron chi connectivity index (χ1n) is 8.48. The Kier molecular flexibility index (Phi) is 6.37. The Labute approximate surface area is 166 Å². The maximum Gasteiger partial charge on any atom is 0.416 e. The van der Waals surface area contributed by atoms with Crippen LogP contribution >= 0.6 is 0 Å². The third-order valence-electron chi connectivity index (χ3n) is 4.27. The Morgan fingerprint density at radius 2 is 1.55 bits per heavy atom. The van der Waals surface area contributed by atoms with Gasteiger partial charge in [0.25, 0.3) is 0 Å². The number of allylic oxidation sites excluding steroid dienone is 3. The van der Waals surface area contributed by atoms with Crippen LogP contribution in [-0.2, 0) is 22.0 Å². The Hall–Kier alpha value is -2.10. The van der Waals surface area contributed by atoms with E-state index < -0.39 is 57.3 Å². The summed E-state index contributed by atoms with van der Waals surface area (Å²) < 4.78 is 91.8. The summed E-state index contributed by atoms with van der Waals surface area (Å²) in [5.74, 6) is -2.07. The zero-order valence-electron chi connectivity index (χ0n) is 15.7. The van der Waals surface area contributed by atoms with Crippen LogP contribution in [0.2, 0.25) is 0 Å². The molecule has 0 amide bonds. The average Bonchev–Trinajstić information content (AvgIpc) is 2.57. The first-order chi connectivity index (χ1) is 13.1. The lowest BCUT2D eigenvalue weighted by Gasteiger charge is -2.27. The maximum absolute atomic E-state index is 13.2. The highest BCUT2D eigenvalue weighted by molar-refractivity contribution is 7.84. The number of nitrogens with one attached hydrogen (secondary N) is 1. The van der Waals surface area contributed by atoms with Gasteiger partial charge >= 0.3 is 12.4 Å². The van der Waals surface area contributed by atoms with Crippen molar-refractivity contribution in [3.8, 4) is 0 Å². The molecule has 2 atom stereocenters. The molecule has 0 radical (unpaired) electrons. The number of ketones is 1. The summed E-state index contributed by atoms with van der Waals surface area (Å²) in [6.07, 6.45) is -8.39. The second-order valence-electron chi connectivity index (χ2n) is 7.51. The smallest absolute Gasteiger partial charge is 0.311 e. The molecule has 1 aliphatic rings. The predicted molar refractivity (Wildman–Crippen MR) is 97.1 cm³/mol. The van der Waals surface area contributed by atoms with E-state index in [0.29, 0.717) is 6.08 Å². The van der Waals surface area contributed by atoms with Crippen LogP contribution in [0.4, 0.5) is 26.3 Å². The number of halogens is 6. The topological polar surface area (TPSA) is 46.2 Å². The van der Waals surface area contributed by atoms with Crippen molar-refractivity contribution in [3.05, 3.63) is 58.8 Å². The van der Waals surface area contributed by atoms with E-state index in [9.17, 15) is 35.3 Å². The van der Waals surface area contributed by atoms with Crippen molar-refractivity contribution >= 4 is 16.8 Å². The van der Waals surface area contributed by atoms with E-state index in [2.05, 4.69) is 4.72 Å². The van der Waals surface area contributed by atoms with Crippen LogP contribution in [0.25, 0.3) is 0 Å². The van der Waals surface area contributed by atoms with Crippen LogP contribution in [0.15, 0.2) is 47.7 Å². The fourth-order valence-corrected chi connectivity index (χ4v) is 3.25. The van der Waals surface area contributed by atoms with E-state index in [1.807, 2.05) is 0 Å². The lowest BCUT2D eigenvalue weighted by molar-refractivity contribution is -0.137. The molecular formula is C19H19F6NO2S. The second kappa shape index (κ2) is 7.97. The van der Waals surface area contributed by atoms with Crippen LogP contribution in [0, 0.1) is 0 Å². The third kappa shape index (κ3) is 5.71. The molecule has 0 heterocycles. The van der Waals surface area contributed by atoms with Crippen molar-refractivity contribution in [2.45, 2.75) is 50.2 Å². The molecule has 1 aliphatic carbocycles. The lowest BCUT2D eigenvalue weighted by Crippen LogP contribution is -2.32. The van der Waals surface area contributed by atoms with Crippen LogP contribution in [0.1, 0.15) is 44.2 Å². The predicted octanol–water partition coefficient (Wildman–Crippen LogP) is 5.19. The third-order valence-corrected chi connectivity index (χ3v) is 5.72. The van der Waals surface area contributed by atoms with Crippen molar-refractivity contribution < 1.29 is 35.3 Å². The highest BCUT2D eigenvalue weighted by atomic mass is 32.2. The Balaban J connectivity index is 2.47. The number of hydrogen-bond acceptors (Lipinski definition) is 2. The lowest BCUT2D eigenvalue weighted by atomic mass is 9.79. The molecule has 2 rings (SSSR count). The van der Waals surface area contributed by atoms with Gasteiger partial charge in [0.15, 0.2) is 5.78 Å². The summed E-state index contributed by atoms with van der Waals surface area (Å²) in [6, 6.07) is 3.61. The molecule has 1 aromatic carbocycles. The van der Waals surface area contributed by atoms with E-state index in [4.69, 9.17) is 0 Å². The van der Waals surface area contributed by atoms with Gasteiger partial charge in [-0.2, -0.15) is 26.3 Å². The quantitative estimate of drug-likeness (QED) is 0.521. The van der Waals surface area contributed by atoms with Crippen LogP contribution in [-0.4, -0.2) is 20.9 Å². The summed E-state index contributed by atoms with van der Waals surface area (Å²) in [6.45, 7) is 4.98. The van der Waals surface area contributed by atoms with Crippen LogP contribution < -0.4 is 4.72 Å². The van der Waals surface area contributed by atoms with E-state index >= 15 is 0 Å². The standard InChI is InChI=1S/C19H19F6NO2S/c1-17(2,3)29(28)26-10-15-14(8-13(9-16(15)27)19(23,24)25)11-4-6-12(7-5-11)18(20,21)22/h4-7,9-10,14,26H,8H2,1-3H3/b15-10-/t14-,29?/m1/s1. The van der Waals surface area contributed by atoms with Gasteiger partial charge in [-0.25, -0.2) is 4.21 Å². The van der Waals surface area contributed by atoms with Crippen molar-refractivity contribution in [2.24, 2.45) is 0 Å². The minimum Gasteiger partial charge on any atom is -0.311 e. The van der Waals surface area contributed by atoms with Gasteiger partial charge in [-0.1, -0.05) is 12.1 Å². The van der Waals surface area contributed by atoms with Gasteiger partial charge in [0.05, 0.1) is 10.3 Å². The minimum atomic E-state index is -4.74. The highest BCUT2D eigenvalue weighted by Gasteiger charge is 2.41. The molecule has 0 spiro atoms. The molecule has 3 nitrogen and oxygen atoms in total. The number of benzene rings is 1. The highest BCUT2D eigenvalue weighted by Crippen LogP contribution is 2.42. The summed E-state index contributed by atoms with van der Waals surface area (Å²) in [5, 5.41) is 0. The molecule has 0 saturated heterocycles. The fourth-order valence-electron chi connectivity index (χ4n) is 2.67. The van der Waals surface area contributed by atoms with Gasteiger partial charge in [-0.15, -0.1) is 0 Å².